The maximum atomic E-state index is 13.0. The van der Waals surface area contributed by atoms with Crippen LogP contribution in [0, 0.1) is 5.92 Å². The number of amides is 7. The van der Waals surface area contributed by atoms with E-state index in [-0.39, 0.29) is 48.9 Å². The highest BCUT2D eigenvalue weighted by Gasteiger charge is 2.28. The van der Waals surface area contributed by atoms with Gasteiger partial charge in [0.25, 0.3) is 11.8 Å². The van der Waals surface area contributed by atoms with E-state index in [0.29, 0.717) is 38.8 Å². The van der Waals surface area contributed by atoms with Gasteiger partial charge in [-0.1, -0.05) is 26.6 Å². The zero-order chi connectivity index (χ0) is 27.1. The maximum Gasteiger partial charge on any atom is 0.312 e. The normalized spacial score (nSPS) is 14.5. The Kier molecular flexibility index (Phi) is 13.9. The van der Waals surface area contributed by atoms with Gasteiger partial charge in [0, 0.05) is 38.2 Å². The first-order valence-electron chi connectivity index (χ1n) is 12.5. The number of primary amides is 1. The van der Waals surface area contributed by atoms with Crippen LogP contribution in [0.3, 0.4) is 0 Å². The Morgan fingerprint density at radius 3 is 2.17 bits per heavy atom. The lowest BCUT2D eigenvalue weighted by Crippen LogP contribution is -2.55. The fourth-order valence-corrected chi connectivity index (χ4v) is 3.58. The standard InChI is InChI=1S/C23H39BN6O6/c1-15(2)20(29-17(31)8-4-3-5-14-30-18(32)9-10-19(30)33)22(35)28-16(21(34)26-13-11-24)7-6-12-27-23(25)36/h9-10,15-16,20H,3-8,11-14,24H2,1-2H3,(H,26,34)(H,28,35)(H,29,31)(H3,25,27,36)/t16-,20?/m0/s1. The summed E-state index contributed by atoms with van der Waals surface area (Å²) in [6.07, 6.45) is 5.89. The Balaban J connectivity index is 2.54. The first-order chi connectivity index (χ1) is 17.1. The predicted molar refractivity (Wildman–Crippen MR) is 136 cm³/mol. The lowest BCUT2D eigenvalue weighted by atomic mass is 10.0. The molecule has 0 aliphatic carbocycles. The third-order valence-corrected chi connectivity index (χ3v) is 5.60. The van der Waals surface area contributed by atoms with Crippen molar-refractivity contribution in [2.75, 3.05) is 19.6 Å². The van der Waals surface area contributed by atoms with Crippen molar-refractivity contribution in [3.05, 3.63) is 12.2 Å². The number of hydrogen-bond acceptors (Lipinski definition) is 6. The third-order valence-electron chi connectivity index (χ3n) is 5.60. The van der Waals surface area contributed by atoms with Crippen molar-refractivity contribution in [2.24, 2.45) is 11.7 Å². The molecule has 0 saturated heterocycles. The minimum atomic E-state index is -0.825. The summed E-state index contributed by atoms with van der Waals surface area (Å²) in [4.78, 5) is 73.1. The molecular formula is C23H39BN6O6. The van der Waals surface area contributed by atoms with Crippen LogP contribution in [0.2, 0.25) is 6.32 Å². The van der Waals surface area contributed by atoms with Crippen molar-refractivity contribution in [1.29, 1.82) is 0 Å². The molecule has 0 spiro atoms. The predicted octanol–water partition coefficient (Wildman–Crippen LogP) is -1.29. The van der Waals surface area contributed by atoms with E-state index in [4.69, 9.17) is 5.73 Å². The molecule has 0 fully saturated rings. The molecule has 1 aliphatic rings. The summed E-state index contributed by atoms with van der Waals surface area (Å²) in [5.41, 5.74) is 5.06. The maximum absolute atomic E-state index is 13.0. The minimum absolute atomic E-state index is 0.190. The van der Waals surface area contributed by atoms with Crippen LogP contribution in [0.15, 0.2) is 12.2 Å². The van der Waals surface area contributed by atoms with Crippen molar-refractivity contribution in [3.8, 4) is 0 Å². The molecule has 7 amide bonds. The molecule has 13 heteroatoms. The largest absolute Gasteiger partial charge is 0.355 e. The monoisotopic (exact) mass is 506 g/mol. The Bertz CT molecular complexity index is 816. The van der Waals surface area contributed by atoms with E-state index in [1.165, 1.54) is 12.2 Å². The zero-order valence-electron chi connectivity index (χ0n) is 21.4. The molecule has 1 unspecified atom stereocenters. The van der Waals surface area contributed by atoms with Crippen LogP contribution in [-0.2, 0) is 24.0 Å². The lowest BCUT2D eigenvalue weighted by Gasteiger charge is -2.25. The van der Waals surface area contributed by atoms with Crippen molar-refractivity contribution in [1.82, 2.24) is 26.2 Å². The second-order valence-corrected chi connectivity index (χ2v) is 9.05. The number of imide groups is 1. The summed E-state index contributed by atoms with van der Waals surface area (Å²) >= 11 is 0. The second kappa shape index (κ2) is 16.3. The number of carbonyl (C=O) groups excluding carboxylic acids is 6. The molecule has 36 heavy (non-hydrogen) atoms. The number of urea groups is 1. The van der Waals surface area contributed by atoms with Gasteiger partial charge in [-0.3, -0.25) is 28.9 Å². The quantitative estimate of drug-likeness (QED) is 0.0930. The fraction of sp³-hybridized carbons (Fsp3) is 0.652. The summed E-state index contributed by atoms with van der Waals surface area (Å²) in [6, 6.07) is -2.31. The van der Waals surface area contributed by atoms with Crippen LogP contribution in [0.25, 0.3) is 0 Å². The molecule has 0 aromatic carbocycles. The minimum Gasteiger partial charge on any atom is -0.355 e. The zero-order valence-corrected chi connectivity index (χ0v) is 21.4. The first kappa shape index (κ1) is 30.7. The Morgan fingerprint density at radius 1 is 0.917 bits per heavy atom. The number of rotatable bonds is 17. The van der Waals surface area contributed by atoms with Crippen LogP contribution < -0.4 is 27.0 Å². The van der Waals surface area contributed by atoms with Crippen LogP contribution in [0.4, 0.5) is 4.79 Å². The smallest absolute Gasteiger partial charge is 0.312 e. The van der Waals surface area contributed by atoms with Gasteiger partial charge in [-0.2, -0.15) is 0 Å². The molecular weight excluding hydrogens is 467 g/mol. The van der Waals surface area contributed by atoms with Gasteiger partial charge in [-0.15, -0.1) is 0 Å². The van der Waals surface area contributed by atoms with E-state index in [1.54, 1.807) is 13.8 Å². The lowest BCUT2D eigenvalue weighted by molar-refractivity contribution is -0.137. The highest BCUT2D eigenvalue weighted by atomic mass is 16.2. The van der Waals surface area contributed by atoms with Crippen LogP contribution in [0.5, 0.6) is 0 Å². The second-order valence-electron chi connectivity index (χ2n) is 9.05. The SMILES string of the molecule is BCCNC(=O)[C@H](CCCNC(N)=O)NC(=O)C(NC(=O)CCCCCN1C(=O)C=CC1=O)C(C)C. The number of nitrogens with two attached hydrogens (primary N) is 1. The molecule has 0 bridgehead atoms. The van der Waals surface area contributed by atoms with Crippen molar-refractivity contribution >= 4 is 43.4 Å². The van der Waals surface area contributed by atoms with E-state index in [2.05, 4.69) is 21.3 Å². The third kappa shape index (κ3) is 11.4. The molecule has 200 valence electrons. The van der Waals surface area contributed by atoms with E-state index in [0.717, 1.165) is 11.2 Å². The van der Waals surface area contributed by atoms with Gasteiger partial charge < -0.3 is 27.0 Å². The van der Waals surface area contributed by atoms with Crippen molar-refractivity contribution in [2.45, 2.75) is 70.8 Å². The van der Waals surface area contributed by atoms with Gasteiger partial charge in [0.2, 0.25) is 17.7 Å². The molecule has 1 rings (SSSR count). The van der Waals surface area contributed by atoms with Crippen LogP contribution >= 0.6 is 0 Å². The molecule has 0 radical (unpaired) electrons. The van der Waals surface area contributed by atoms with Gasteiger partial charge in [0.15, 0.2) is 0 Å². The molecule has 1 heterocycles. The van der Waals surface area contributed by atoms with Gasteiger partial charge >= 0.3 is 6.03 Å². The summed E-state index contributed by atoms with van der Waals surface area (Å²) in [6.45, 7) is 4.63. The Hall–Kier alpha value is -3.38. The van der Waals surface area contributed by atoms with E-state index >= 15 is 0 Å². The van der Waals surface area contributed by atoms with Crippen molar-refractivity contribution in [3.63, 3.8) is 0 Å². The summed E-state index contributed by atoms with van der Waals surface area (Å²) in [7, 11) is 1.91. The van der Waals surface area contributed by atoms with Crippen molar-refractivity contribution < 1.29 is 28.8 Å². The van der Waals surface area contributed by atoms with E-state index in [1.807, 2.05) is 7.85 Å². The number of hydrogen-bond donors (Lipinski definition) is 5. The topological polar surface area (TPSA) is 180 Å². The molecule has 12 nitrogen and oxygen atoms in total. The van der Waals surface area contributed by atoms with Crippen LogP contribution in [-0.4, -0.2) is 80.0 Å². The Morgan fingerprint density at radius 2 is 1.58 bits per heavy atom. The molecule has 2 atom stereocenters. The highest BCUT2D eigenvalue weighted by molar-refractivity contribution is 6.12. The number of carbonyl (C=O) groups is 6. The number of nitrogens with zero attached hydrogens (tertiary/aromatic N) is 1. The molecule has 6 N–H and O–H groups in total. The molecule has 0 aromatic heterocycles. The van der Waals surface area contributed by atoms with Crippen LogP contribution in [0.1, 0.15) is 52.4 Å². The van der Waals surface area contributed by atoms with Gasteiger partial charge in [0.05, 0.1) is 0 Å². The summed E-state index contributed by atoms with van der Waals surface area (Å²) in [5, 5.41) is 10.7. The summed E-state index contributed by atoms with van der Waals surface area (Å²) in [5.74, 6) is -1.95. The average Bonchev–Trinajstić information content (AvgIpc) is 3.14. The number of nitrogens with one attached hydrogen (secondary N) is 4. The number of unbranched alkanes of at least 4 members (excludes halogenated alkanes) is 2. The summed E-state index contributed by atoms with van der Waals surface area (Å²) < 4.78 is 0. The van der Waals surface area contributed by atoms with Gasteiger partial charge in [-0.05, 0) is 31.6 Å². The van der Waals surface area contributed by atoms with E-state index in [9.17, 15) is 28.8 Å². The average molecular weight is 506 g/mol. The Labute approximate surface area is 212 Å². The van der Waals surface area contributed by atoms with E-state index < -0.39 is 24.0 Å². The van der Waals surface area contributed by atoms with Gasteiger partial charge in [0.1, 0.15) is 19.9 Å². The molecule has 0 saturated carbocycles. The fourth-order valence-electron chi connectivity index (χ4n) is 3.58. The first-order valence-corrected chi connectivity index (χ1v) is 12.5. The molecule has 0 aromatic rings. The molecule has 1 aliphatic heterocycles. The van der Waals surface area contributed by atoms with Gasteiger partial charge in [-0.25, -0.2) is 4.79 Å². The highest BCUT2D eigenvalue weighted by Crippen LogP contribution is 2.09.